The number of nitrogens with zero attached hydrogens (tertiary/aromatic N) is 4. The van der Waals surface area contributed by atoms with E-state index in [4.69, 9.17) is 15.0 Å². The van der Waals surface area contributed by atoms with E-state index in [2.05, 4.69) is 146 Å². The minimum atomic E-state index is 0.332. The lowest BCUT2D eigenvalue weighted by Gasteiger charge is -2.57. The van der Waals surface area contributed by atoms with E-state index in [-0.39, 0.29) is 0 Å². The number of benzene rings is 7. The zero-order chi connectivity index (χ0) is 39.1. The maximum atomic E-state index is 9.62. The Balaban J connectivity index is 0.988. The average Bonchev–Trinajstić information content (AvgIpc) is 3.65. The van der Waals surface area contributed by atoms with E-state index in [1.165, 1.54) is 70.0 Å². The second kappa shape index (κ2) is 13.5. The van der Waals surface area contributed by atoms with Gasteiger partial charge in [0.25, 0.3) is 0 Å². The van der Waals surface area contributed by atoms with Gasteiger partial charge in [-0.15, -0.1) is 11.3 Å². The van der Waals surface area contributed by atoms with Crippen LogP contribution >= 0.6 is 11.3 Å². The molecule has 4 bridgehead atoms. The highest BCUT2D eigenvalue weighted by molar-refractivity contribution is 7.25. The lowest BCUT2D eigenvalue weighted by molar-refractivity contribution is -0.00518. The molecule has 0 aliphatic heterocycles. The van der Waals surface area contributed by atoms with Crippen molar-refractivity contribution in [2.24, 2.45) is 17.8 Å². The Morgan fingerprint density at radius 2 is 1.02 bits per heavy atom. The molecule has 4 aliphatic carbocycles. The van der Waals surface area contributed by atoms with Gasteiger partial charge in [0.1, 0.15) is 0 Å². The second-order valence-electron chi connectivity index (χ2n) is 17.4. The van der Waals surface area contributed by atoms with Crippen LogP contribution in [0.15, 0.2) is 152 Å². The highest BCUT2D eigenvalue weighted by atomic mass is 32.1. The molecule has 2 heterocycles. The zero-order valence-corrected chi connectivity index (χ0v) is 33.4. The number of aromatic nitrogens is 3. The predicted octanol–water partition coefficient (Wildman–Crippen LogP) is 14.1. The minimum absolute atomic E-state index is 0.332. The molecule has 4 nitrogen and oxygen atoms in total. The molecule has 9 aromatic rings. The maximum Gasteiger partial charge on any atom is 0.164 e. The van der Waals surface area contributed by atoms with Crippen LogP contribution < -0.4 is 0 Å². The normalized spacial score (nSPS) is 20.7. The summed E-state index contributed by atoms with van der Waals surface area (Å²) < 4.78 is 2.40. The molecule has 0 N–H and O–H groups in total. The van der Waals surface area contributed by atoms with Crippen molar-refractivity contribution < 1.29 is 0 Å². The summed E-state index contributed by atoms with van der Waals surface area (Å²) in [6, 6.07) is 56.4. The van der Waals surface area contributed by atoms with E-state index in [0.717, 1.165) is 61.7 Å². The molecule has 0 saturated heterocycles. The van der Waals surface area contributed by atoms with Gasteiger partial charge in [0, 0.05) is 36.9 Å². The van der Waals surface area contributed by atoms with E-state index < -0.39 is 0 Å². The third-order valence-corrected chi connectivity index (χ3v) is 14.9. The minimum Gasteiger partial charge on any atom is -0.208 e. The van der Waals surface area contributed by atoms with Gasteiger partial charge in [-0.25, -0.2) is 15.0 Å². The summed E-state index contributed by atoms with van der Waals surface area (Å²) in [6.07, 6.45) is 8.36. The second-order valence-corrected chi connectivity index (χ2v) is 18.5. The van der Waals surface area contributed by atoms with E-state index in [0.29, 0.717) is 28.5 Å². The largest absolute Gasteiger partial charge is 0.208 e. The highest BCUT2D eigenvalue weighted by Crippen LogP contribution is 2.60. The lowest BCUT2D eigenvalue weighted by atomic mass is 9.48. The average molecular weight is 777 g/mol. The van der Waals surface area contributed by atoms with E-state index in [1.807, 2.05) is 12.1 Å². The highest BCUT2D eigenvalue weighted by Gasteiger charge is 2.51. The molecule has 282 valence electrons. The van der Waals surface area contributed by atoms with Crippen molar-refractivity contribution in [3.63, 3.8) is 0 Å². The summed E-state index contributed by atoms with van der Waals surface area (Å²) in [4.78, 5) is 15.8. The molecule has 4 aliphatic rings. The third kappa shape index (κ3) is 5.88. The van der Waals surface area contributed by atoms with E-state index in [9.17, 15) is 5.26 Å². The standard InChI is InChI=1S/C54H40N4S/c55-32-33-15-21-49-47(26-33)48-28-40(18-22-50(48)59-49)39-9-4-10-41(27-39)52-56-51(38-16-19-42(20-17-38)54-29-34-23-35(30-54)25-36(24-34)31-54)57-53(58-52)46-14-6-12-44-43(11-5-13-45(44)46)37-7-2-1-3-8-37/h1-22,26-28,34-36H,23-25,29-31H2/t34-,35+,36?,54?. The smallest absolute Gasteiger partial charge is 0.164 e. The number of rotatable bonds is 6. The first-order chi connectivity index (χ1) is 29.1. The molecule has 59 heavy (non-hydrogen) atoms. The van der Waals surface area contributed by atoms with Crippen molar-refractivity contribution in [2.75, 3.05) is 0 Å². The van der Waals surface area contributed by atoms with Crippen LogP contribution in [-0.4, -0.2) is 15.0 Å². The summed E-state index contributed by atoms with van der Waals surface area (Å²) in [7, 11) is 0. The summed E-state index contributed by atoms with van der Waals surface area (Å²) in [6.45, 7) is 0. The van der Waals surface area contributed by atoms with Crippen LogP contribution in [0.3, 0.4) is 0 Å². The number of fused-ring (bicyclic) bond motifs is 4. The van der Waals surface area contributed by atoms with Crippen LogP contribution in [0.1, 0.15) is 49.7 Å². The third-order valence-electron chi connectivity index (χ3n) is 13.7. The summed E-state index contributed by atoms with van der Waals surface area (Å²) in [5, 5.41) is 14.2. The van der Waals surface area contributed by atoms with Gasteiger partial charge in [-0.3, -0.25) is 0 Å². The van der Waals surface area contributed by atoms with Crippen molar-refractivity contribution in [3.8, 4) is 62.5 Å². The Hall–Kier alpha value is -6.48. The molecule has 0 amide bonds. The van der Waals surface area contributed by atoms with Crippen LogP contribution in [0.5, 0.6) is 0 Å². The molecule has 2 aromatic heterocycles. The zero-order valence-electron chi connectivity index (χ0n) is 32.6. The molecule has 4 fully saturated rings. The first-order valence-corrected chi connectivity index (χ1v) is 21.8. The fraction of sp³-hybridized carbons (Fsp3) is 0.185. The van der Waals surface area contributed by atoms with E-state index in [1.54, 1.807) is 11.3 Å². The maximum absolute atomic E-state index is 9.62. The molecule has 0 radical (unpaired) electrons. The molecule has 4 saturated carbocycles. The molecule has 7 aromatic carbocycles. The Bertz CT molecular complexity index is 3120. The Kier molecular flexibility index (Phi) is 7.93. The summed E-state index contributed by atoms with van der Waals surface area (Å²) in [5.74, 6) is 4.69. The van der Waals surface area contributed by atoms with Gasteiger partial charge in [-0.1, -0.05) is 115 Å². The number of nitriles is 1. The monoisotopic (exact) mass is 776 g/mol. The first kappa shape index (κ1) is 34.6. The van der Waals surface area contributed by atoms with Crippen molar-refractivity contribution >= 4 is 42.3 Å². The molecule has 0 unspecified atom stereocenters. The Morgan fingerprint density at radius 3 is 1.75 bits per heavy atom. The van der Waals surface area contributed by atoms with Gasteiger partial charge in [-0.2, -0.15) is 5.26 Å². The van der Waals surface area contributed by atoms with Crippen LogP contribution in [0.25, 0.3) is 87.4 Å². The van der Waals surface area contributed by atoms with Gasteiger partial charge in [0.05, 0.1) is 11.6 Å². The van der Waals surface area contributed by atoms with Gasteiger partial charge in [-0.05, 0) is 137 Å². The fourth-order valence-electron chi connectivity index (χ4n) is 11.4. The Morgan fingerprint density at radius 1 is 0.458 bits per heavy atom. The SMILES string of the molecule is N#Cc1ccc2sc3ccc(-c4cccc(-c5nc(-c6ccc(C78CC9C[C@H](C7)C[C@@H](C9)C8)cc6)nc(-c6cccc7c(-c8ccccc8)cccc67)n5)c4)cc3c2c1. The fourth-order valence-corrected chi connectivity index (χ4v) is 12.5. The predicted molar refractivity (Wildman–Crippen MR) is 242 cm³/mol. The van der Waals surface area contributed by atoms with Crippen molar-refractivity contribution in [1.82, 2.24) is 15.0 Å². The molecule has 5 heteroatoms. The van der Waals surface area contributed by atoms with Crippen LogP contribution in [-0.2, 0) is 5.41 Å². The number of thiophene rings is 1. The summed E-state index contributed by atoms with van der Waals surface area (Å²) in [5.41, 5.74) is 10.0. The first-order valence-electron chi connectivity index (χ1n) is 21.0. The molecule has 13 rings (SSSR count). The number of hydrogen-bond acceptors (Lipinski definition) is 5. The topological polar surface area (TPSA) is 62.5 Å². The van der Waals surface area contributed by atoms with E-state index >= 15 is 0 Å². The van der Waals surface area contributed by atoms with Gasteiger partial charge >= 0.3 is 0 Å². The quantitative estimate of drug-likeness (QED) is 0.169. The van der Waals surface area contributed by atoms with Crippen LogP contribution in [0.4, 0.5) is 0 Å². The number of hydrogen-bond donors (Lipinski definition) is 0. The van der Waals surface area contributed by atoms with Crippen molar-refractivity contribution in [1.29, 1.82) is 5.26 Å². The van der Waals surface area contributed by atoms with Crippen molar-refractivity contribution in [2.45, 2.75) is 43.9 Å². The summed E-state index contributed by atoms with van der Waals surface area (Å²) >= 11 is 1.76. The molecule has 0 atom stereocenters. The molecular weight excluding hydrogens is 737 g/mol. The Labute approximate surface area is 347 Å². The van der Waals surface area contributed by atoms with Crippen LogP contribution in [0, 0.1) is 29.1 Å². The lowest BCUT2D eigenvalue weighted by Crippen LogP contribution is -2.48. The van der Waals surface area contributed by atoms with Gasteiger partial charge in [0.15, 0.2) is 17.5 Å². The molecular formula is C54H40N4S. The van der Waals surface area contributed by atoms with Crippen LogP contribution in [0.2, 0.25) is 0 Å². The van der Waals surface area contributed by atoms with Gasteiger partial charge < -0.3 is 0 Å². The van der Waals surface area contributed by atoms with Gasteiger partial charge in [0.2, 0.25) is 0 Å². The van der Waals surface area contributed by atoms with Crippen molar-refractivity contribution in [3.05, 3.63) is 163 Å². The molecule has 0 spiro atoms.